The quantitative estimate of drug-likeness (QED) is 0.464. The first-order valence-corrected chi connectivity index (χ1v) is 7.65. The molecule has 7 nitrogen and oxygen atoms in total. The fraction of sp³-hybridized carbons (Fsp3) is 0.176. The monoisotopic (exact) mass is 362 g/mol. The molecule has 0 N–H and O–H groups in total. The fourth-order valence-corrected chi connectivity index (χ4v) is 2.42. The van der Waals surface area contributed by atoms with E-state index in [4.69, 9.17) is 34.9 Å². The molecule has 0 aliphatic heterocycles. The summed E-state index contributed by atoms with van der Waals surface area (Å²) < 4.78 is 20.8. The molecule has 0 unspecified atom stereocenters. The maximum absolute atomic E-state index is 6.13. The smallest absolute Gasteiger partial charge is 0.202 e. The normalized spacial score (nSPS) is 11.0. The van der Waals surface area contributed by atoms with E-state index >= 15 is 0 Å². The largest absolute Gasteiger partial charge is 0.493 e. The van der Waals surface area contributed by atoms with Crippen molar-refractivity contribution >= 4 is 17.8 Å². The van der Waals surface area contributed by atoms with Crippen LogP contribution in [-0.4, -0.2) is 25.6 Å². The summed E-state index contributed by atoms with van der Waals surface area (Å²) in [6, 6.07) is 8.71. The van der Waals surface area contributed by atoms with Gasteiger partial charge in [-0.3, -0.25) is 0 Å². The van der Waals surface area contributed by atoms with Gasteiger partial charge >= 0.3 is 0 Å². The van der Waals surface area contributed by atoms with Gasteiger partial charge in [-0.2, -0.15) is 0 Å². The number of hydrogen-bond donors (Lipinski definition) is 0. The number of halogens is 1. The van der Waals surface area contributed by atoms with E-state index < -0.39 is 0 Å². The predicted octanol–water partition coefficient (Wildman–Crippen LogP) is 4.16. The van der Waals surface area contributed by atoms with Crippen LogP contribution in [0.4, 0.5) is 0 Å². The summed E-state index contributed by atoms with van der Waals surface area (Å²) in [7, 11) is 3.06. The molecular weight excluding hydrogens is 348 g/mol. The Kier molecular flexibility index (Phi) is 5.25. The minimum atomic E-state index is 0.154. The first-order valence-electron chi connectivity index (χ1n) is 7.27. The maximum Gasteiger partial charge on any atom is 0.202 e. The van der Waals surface area contributed by atoms with E-state index in [2.05, 4.69) is 10.3 Å². The molecule has 0 amide bonds. The van der Waals surface area contributed by atoms with E-state index in [0.29, 0.717) is 39.3 Å². The van der Waals surface area contributed by atoms with Crippen LogP contribution in [0.15, 0.2) is 50.7 Å². The Balaban J connectivity index is 1.61. The van der Waals surface area contributed by atoms with E-state index in [-0.39, 0.29) is 6.61 Å². The predicted molar refractivity (Wildman–Crippen MR) is 91.1 cm³/mol. The zero-order chi connectivity index (χ0) is 17.6. The highest BCUT2D eigenvalue weighted by Gasteiger charge is 2.11. The number of ether oxygens (including phenoxy) is 2. The molecule has 0 spiro atoms. The Bertz CT molecular complexity index is 858. The van der Waals surface area contributed by atoms with Gasteiger partial charge in [0.1, 0.15) is 5.69 Å². The fourth-order valence-electron chi connectivity index (χ4n) is 2.13. The van der Waals surface area contributed by atoms with Crippen molar-refractivity contribution < 1.29 is 23.3 Å². The number of benzene rings is 1. The molecule has 2 heterocycles. The van der Waals surface area contributed by atoms with Gasteiger partial charge in [-0.1, -0.05) is 21.9 Å². The number of furan rings is 1. The highest BCUT2D eigenvalue weighted by molar-refractivity contribution is 6.32. The van der Waals surface area contributed by atoms with Gasteiger partial charge in [0.15, 0.2) is 23.9 Å². The highest BCUT2D eigenvalue weighted by atomic mass is 35.5. The molecule has 2 aromatic heterocycles. The molecule has 8 heteroatoms. The molecule has 25 heavy (non-hydrogen) atoms. The number of oxime groups is 1. The third kappa shape index (κ3) is 3.95. The van der Waals surface area contributed by atoms with Crippen LogP contribution < -0.4 is 9.47 Å². The summed E-state index contributed by atoms with van der Waals surface area (Å²) in [5.41, 5.74) is 1.30. The third-order valence-corrected chi connectivity index (χ3v) is 3.55. The van der Waals surface area contributed by atoms with Gasteiger partial charge in [-0.15, -0.1) is 0 Å². The van der Waals surface area contributed by atoms with Crippen molar-refractivity contribution in [2.45, 2.75) is 6.61 Å². The average Bonchev–Trinajstić information content (AvgIpc) is 3.29. The molecule has 0 radical (unpaired) electrons. The minimum Gasteiger partial charge on any atom is -0.493 e. The van der Waals surface area contributed by atoms with Gasteiger partial charge in [-0.25, -0.2) is 0 Å². The molecule has 0 saturated carbocycles. The van der Waals surface area contributed by atoms with E-state index in [1.807, 2.05) is 0 Å². The van der Waals surface area contributed by atoms with Crippen molar-refractivity contribution in [3.8, 4) is 23.0 Å². The van der Waals surface area contributed by atoms with Crippen molar-refractivity contribution in [2.75, 3.05) is 14.2 Å². The number of nitrogens with zero attached hydrogens (tertiary/aromatic N) is 2. The van der Waals surface area contributed by atoms with Crippen molar-refractivity contribution in [3.05, 3.63) is 52.9 Å². The van der Waals surface area contributed by atoms with E-state index in [9.17, 15) is 0 Å². The zero-order valence-corrected chi connectivity index (χ0v) is 14.3. The molecule has 0 aliphatic rings. The summed E-state index contributed by atoms with van der Waals surface area (Å²) in [5, 5.41) is 8.20. The van der Waals surface area contributed by atoms with Gasteiger partial charge in [0.05, 0.1) is 31.7 Å². The summed E-state index contributed by atoms with van der Waals surface area (Å²) in [6.07, 6.45) is 3.08. The molecule has 3 aromatic rings. The number of methoxy groups -OCH3 is 2. The van der Waals surface area contributed by atoms with Gasteiger partial charge in [-0.05, 0) is 24.3 Å². The molecule has 130 valence electrons. The molecule has 0 bridgehead atoms. The molecule has 3 rings (SSSR count). The lowest BCUT2D eigenvalue weighted by Gasteiger charge is -2.09. The Morgan fingerprint density at radius 2 is 2.08 bits per heavy atom. The second-order valence-corrected chi connectivity index (χ2v) is 5.31. The SMILES string of the molecule is COc1cc(/C=N\OCc2cc(-c3ccco3)on2)cc(Cl)c1OC. The minimum absolute atomic E-state index is 0.154. The van der Waals surface area contributed by atoms with Crippen molar-refractivity contribution in [1.29, 1.82) is 0 Å². The molecule has 0 atom stereocenters. The van der Waals surface area contributed by atoms with E-state index in [1.165, 1.54) is 20.4 Å². The van der Waals surface area contributed by atoms with Crippen LogP contribution in [0.5, 0.6) is 11.5 Å². The van der Waals surface area contributed by atoms with Gasteiger partial charge in [0, 0.05) is 11.6 Å². The first kappa shape index (κ1) is 16.9. The van der Waals surface area contributed by atoms with Gasteiger partial charge in [0.25, 0.3) is 0 Å². The van der Waals surface area contributed by atoms with Crippen LogP contribution in [-0.2, 0) is 11.4 Å². The first-order chi connectivity index (χ1) is 12.2. The van der Waals surface area contributed by atoms with Crippen LogP contribution in [0.1, 0.15) is 11.3 Å². The van der Waals surface area contributed by atoms with Crippen molar-refractivity contribution in [3.63, 3.8) is 0 Å². The summed E-state index contributed by atoms with van der Waals surface area (Å²) in [4.78, 5) is 5.23. The van der Waals surface area contributed by atoms with Crippen LogP contribution in [0.2, 0.25) is 5.02 Å². The van der Waals surface area contributed by atoms with E-state index in [1.54, 1.807) is 36.6 Å². The lowest BCUT2D eigenvalue weighted by Crippen LogP contribution is -1.94. The molecule has 0 fully saturated rings. The lowest BCUT2D eigenvalue weighted by molar-refractivity contribution is 0.126. The van der Waals surface area contributed by atoms with Crippen LogP contribution in [0.3, 0.4) is 0 Å². The van der Waals surface area contributed by atoms with Gasteiger partial charge < -0.3 is 23.3 Å². The Morgan fingerprint density at radius 1 is 1.20 bits per heavy atom. The van der Waals surface area contributed by atoms with Gasteiger partial charge in [0.2, 0.25) is 5.76 Å². The Hall–Kier alpha value is -2.93. The standard InChI is InChI=1S/C17H15ClN2O5/c1-21-16-7-11(6-13(18)17(16)22-2)9-19-24-10-12-8-15(25-20-12)14-4-3-5-23-14/h3-9H,10H2,1-2H3/b19-9-. The lowest BCUT2D eigenvalue weighted by atomic mass is 10.2. The summed E-state index contributed by atoms with van der Waals surface area (Å²) in [5.74, 6) is 2.10. The molecule has 1 aromatic carbocycles. The van der Waals surface area contributed by atoms with Crippen LogP contribution in [0.25, 0.3) is 11.5 Å². The van der Waals surface area contributed by atoms with Crippen molar-refractivity contribution in [2.24, 2.45) is 5.16 Å². The van der Waals surface area contributed by atoms with Crippen molar-refractivity contribution in [1.82, 2.24) is 5.16 Å². The number of rotatable bonds is 7. The molecule has 0 aliphatic carbocycles. The Labute approximate surface area is 148 Å². The molecule has 0 saturated heterocycles. The molecular formula is C17H15ClN2O5. The highest BCUT2D eigenvalue weighted by Crippen LogP contribution is 2.35. The topological polar surface area (TPSA) is 79.2 Å². The van der Waals surface area contributed by atoms with Crippen LogP contribution in [0, 0.1) is 0 Å². The van der Waals surface area contributed by atoms with E-state index in [0.717, 1.165) is 0 Å². The second-order valence-electron chi connectivity index (χ2n) is 4.91. The zero-order valence-electron chi connectivity index (χ0n) is 13.6. The number of aromatic nitrogens is 1. The Morgan fingerprint density at radius 3 is 2.80 bits per heavy atom. The summed E-state index contributed by atoms with van der Waals surface area (Å²) >= 11 is 6.13. The third-order valence-electron chi connectivity index (χ3n) is 3.27. The maximum atomic E-state index is 6.13. The van der Waals surface area contributed by atoms with Crippen LogP contribution >= 0.6 is 11.6 Å². The average molecular weight is 363 g/mol. The number of hydrogen-bond acceptors (Lipinski definition) is 7. The second kappa shape index (κ2) is 7.76. The summed E-state index contributed by atoms with van der Waals surface area (Å²) in [6.45, 7) is 0.154.